The fourth-order valence-electron chi connectivity index (χ4n) is 3.14. The Balaban J connectivity index is 1.51. The number of esters is 1. The number of piperazine rings is 1. The van der Waals surface area contributed by atoms with Crippen LogP contribution in [0.3, 0.4) is 0 Å². The molecule has 0 bridgehead atoms. The van der Waals surface area contributed by atoms with Gasteiger partial charge in [0.15, 0.2) is 6.10 Å². The van der Waals surface area contributed by atoms with Gasteiger partial charge >= 0.3 is 5.97 Å². The molecule has 6 nitrogen and oxygen atoms in total. The number of cyclic esters (lactones) is 1. The number of aliphatic hydroxyl groups excluding tert-OH is 1. The van der Waals surface area contributed by atoms with Gasteiger partial charge in [-0.2, -0.15) is 0 Å². The van der Waals surface area contributed by atoms with E-state index in [0.29, 0.717) is 13.1 Å². The summed E-state index contributed by atoms with van der Waals surface area (Å²) in [5, 5.41) is 10.4. The van der Waals surface area contributed by atoms with E-state index in [0.717, 1.165) is 18.8 Å². The van der Waals surface area contributed by atoms with Crippen molar-refractivity contribution in [2.75, 3.05) is 31.1 Å². The number of benzene rings is 1. The number of hydrogen-bond donors (Lipinski definition) is 1. The van der Waals surface area contributed by atoms with Crippen molar-refractivity contribution in [2.45, 2.75) is 38.4 Å². The molecule has 2 saturated heterocycles. The third-order valence-electron chi connectivity index (χ3n) is 4.39. The molecule has 2 heterocycles. The van der Waals surface area contributed by atoms with Gasteiger partial charge in [-0.25, -0.2) is 9.18 Å². The first-order chi connectivity index (χ1) is 11.3. The van der Waals surface area contributed by atoms with Crippen molar-refractivity contribution in [3.05, 3.63) is 30.1 Å². The maximum atomic E-state index is 13.0. The lowest BCUT2D eigenvalue weighted by atomic mass is 10.2. The Hall–Kier alpha value is -1.70. The van der Waals surface area contributed by atoms with E-state index in [4.69, 9.17) is 9.47 Å². The monoisotopic (exact) mass is 338 g/mol. The molecule has 7 heteroatoms. The van der Waals surface area contributed by atoms with E-state index in [1.165, 1.54) is 12.1 Å². The Bertz CT molecular complexity index is 585. The first kappa shape index (κ1) is 17.1. The van der Waals surface area contributed by atoms with Crippen molar-refractivity contribution < 1.29 is 23.8 Å². The maximum absolute atomic E-state index is 13.0. The number of carbonyl (C=O) groups excluding carboxylic acids is 1. The SMILES string of the molecule is CC1(C)OC(=O)[C@H](C[C@H](O)N2CCN(c3ccc(F)cc3)CC2)O1. The lowest BCUT2D eigenvalue weighted by molar-refractivity contribution is -0.161. The zero-order valence-corrected chi connectivity index (χ0v) is 13.9. The second kappa shape index (κ2) is 6.66. The summed E-state index contributed by atoms with van der Waals surface area (Å²) in [5.41, 5.74) is 0.968. The van der Waals surface area contributed by atoms with Gasteiger partial charge in [0.2, 0.25) is 5.79 Å². The van der Waals surface area contributed by atoms with Crippen LogP contribution >= 0.6 is 0 Å². The lowest BCUT2D eigenvalue weighted by Gasteiger charge is -2.38. The van der Waals surface area contributed by atoms with Crippen molar-refractivity contribution in [1.82, 2.24) is 4.90 Å². The van der Waals surface area contributed by atoms with Gasteiger partial charge in [-0.15, -0.1) is 0 Å². The average Bonchev–Trinajstić information content (AvgIpc) is 2.80. The molecule has 1 aromatic rings. The number of aliphatic hydroxyl groups is 1. The lowest BCUT2D eigenvalue weighted by Crippen LogP contribution is -2.51. The van der Waals surface area contributed by atoms with Gasteiger partial charge in [0.05, 0.1) is 0 Å². The van der Waals surface area contributed by atoms with Crippen molar-refractivity contribution in [1.29, 1.82) is 0 Å². The third-order valence-corrected chi connectivity index (χ3v) is 4.39. The van der Waals surface area contributed by atoms with Crippen LogP contribution in [0.4, 0.5) is 10.1 Å². The number of rotatable bonds is 4. The van der Waals surface area contributed by atoms with Crippen LogP contribution in [-0.2, 0) is 14.3 Å². The Morgan fingerprint density at radius 3 is 2.42 bits per heavy atom. The summed E-state index contributed by atoms with van der Waals surface area (Å²) in [6.45, 7) is 6.12. The highest BCUT2D eigenvalue weighted by molar-refractivity contribution is 5.76. The molecule has 3 rings (SSSR count). The highest BCUT2D eigenvalue weighted by Crippen LogP contribution is 2.27. The summed E-state index contributed by atoms with van der Waals surface area (Å²) < 4.78 is 23.6. The van der Waals surface area contributed by atoms with Gasteiger partial charge < -0.3 is 19.5 Å². The number of nitrogens with zero attached hydrogens (tertiary/aromatic N) is 2. The van der Waals surface area contributed by atoms with E-state index in [-0.39, 0.29) is 12.2 Å². The molecule has 2 aliphatic rings. The maximum Gasteiger partial charge on any atom is 0.338 e. The van der Waals surface area contributed by atoms with Gasteiger partial charge in [-0.1, -0.05) is 0 Å². The second-order valence-electron chi connectivity index (χ2n) is 6.64. The van der Waals surface area contributed by atoms with E-state index in [1.807, 2.05) is 4.90 Å². The van der Waals surface area contributed by atoms with E-state index < -0.39 is 24.1 Å². The molecule has 0 amide bonds. The number of halogens is 1. The summed E-state index contributed by atoms with van der Waals surface area (Å²) in [6, 6.07) is 6.40. The Labute approximate surface area is 140 Å². The number of hydrogen-bond acceptors (Lipinski definition) is 6. The van der Waals surface area contributed by atoms with E-state index in [9.17, 15) is 14.3 Å². The Kier molecular flexibility index (Phi) is 4.76. The quantitative estimate of drug-likeness (QED) is 0.836. The molecular weight excluding hydrogens is 315 g/mol. The standard InChI is InChI=1S/C17H23FN2O4/c1-17(2)23-14(16(22)24-17)11-15(21)20-9-7-19(8-10-20)13-5-3-12(18)4-6-13/h3-6,14-15,21H,7-11H2,1-2H3/t14-,15-/m0/s1. The molecule has 2 fully saturated rings. The largest absolute Gasteiger partial charge is 0.432 e. The molecule has 0 radical (unpaired) electrons. The molecule has 1 aromatic carbocycles. The smallest absolute Gasteiger partial charge is 0.338 e. The van der Waals surface area contributed by atoms with Crippen molar-refractivity contribution in [3.63, 3.8) is 0 Å². The second-order valence-corrected chi connectivity index (χ2v) is 6.64. The predicted molar refractivity (Wildman–Crippen MR) is 85.9 cm³/mol. The number of ether oxygens (including phenoxy) is 2. The molecule has 2 aliphatic heterocycles. The Morgan fingerprint density at radius 1 is 1.25 bits per heavy atom. The minimum Gasteiger partial charge on any atom is -0.432 e. The molecule has 0 spiro atoms. The van der Waals surface area contributed by atoms with Gasteiger partial charge in [-0.3, -0.25) is 4.90 Å². The van der Waals surface area contributed by atoms with Crippen LogP contribution < -0.4 is 4.90 Å². The van der Waals surface area contributed by atoms with E-state index in [2.05, 4.69) is 4.90 Å². The van der Waals surface area contributed by atoms with Gasteiger partial charge in [0, 0.05) is 52.1 Å². The van der Waals surface area contributed by atoms with Gasteiger partial charge in [0.25, 0.3) is 0 Å². The number of anilines is 1. The summed E-state index contributed by atoms with van der Waals surface area (Å²) in [7, 11) is 0. The molecule has 2 atom stereocenters. The molecule has 0 aromatic heterocycles. The first-order valence-corrected chi connectivity index (χ1v) is 8.17. The molecule has 0 aliphatic carbocycles. The molecule has 0 unspecified atom stereocenters. The van der Waals surface area contributed by atoms with Crippen LogP contribution in [0.15, 0.2) is 24.3 Å². The predicted octanol–water partition coefficient (Wildman–Crippen LogP) is 1.33. The summed E-state index contributed by atoms with van der Waals surface area (Å²) in [5.74, 6) is -1.61. The summed E-state index contributed by atoms with van der Waals surface area (Å²) in [6.07, 6.45) is -1.30. The normalized spacial score (nSPS) is 25.6. The van der Waals surface area contributed by atoms with Gasteiger partial charge in [0.1, 0.15) is 12.0 Å². The number of carbonyl (C=O) groups is 1. The molecule has 24 heavy (non-hydrogen) atoms. The summed E-state index contributed by atoms with van der Waals surface area (Å²) >= 11 is 0. The van der Waals surface area contributed by atoms with Crippen molar-refractivity contribution in [2.24, 2.45) is 0 Å². The summed E-state index contributed by atoms with van der Waals surface area (Å²) in [4.78, 5) is 15.8. The molecule has 0 saturated carbocycles. The molecular formula is C17H23FN2O4. The van der Waals surface area contributed by atoms with Crippen LogP contribution in [-0.4, -0.2) is 60.3 Å². The van der Waals surface area contributed by atoms with Crippen LogP contribution in [0.2, 0.25) is 0 Å². The van der Waals surface area contributed by atoms with Crippen molar-refractivity contribution >= 4 is 11.7 Å². The first-order valence-electron chi connectivity index (χ1n) is 8.17. The van der Waals surface area contributed by atoms with E-state index in [1.54, 1.807) is 26.0 Å². The zero-order chi connectivity index (χ0) is 17.3. The molecule has 132 valence electrons. The van der Waals surface area contributed by atoms with Crippen LogP contribution in [0, 0.1) is 5.82 Å². The Morgan fingerprint density at radius 2 is 1.88 bits per heavy atom. The fourth-order valence-corrected chi connectivity index (χ4v) is 3.14. The minimum absolute atomic E-state index is 0.193. The minimum atomic E-state index is -0.928. The van der Waals surface area contributed by atoms with Crippen LogP contribution in [0.5, 0.6) is 0 Å². The third kappa shape index (κ3) is 3.85. The van der Waals surface area contributed by atoms with Crippen molar-refractivity contribution in [3.8, 4) is 0 Å². The topological polar surface area (TPSA) is 62.2 Å². The van der Waals surface area contributed by atoms with Crippen LogP contribution in [0.25, 0.3) is 0 Å². The fraction of sp³-hybridized carbons (Fsp3) is 0.588. The zero-order valence-electron chi connectivity index (χ0n) is 13.9. The average molecular weight is 338 g/mol. The van der Waals surface area contributed by atoms with E-state index >= 15 is 0 Å². The van der Waals surface area contributed by atoms with Gasteiger partial charge in [-0.05, 0) is 24.3 Å². The molecule has 1 N–H and O–H groups in total. The highest BCUT2D eigenvalue weighted by Gasteiger charge is 2.42. The van der Waals surface area contributed by atoms with Crippen LogP contribution in [0.1, 0.15) is 20.3 Å². The highest BCUT2D eigenvalue weighted by atomic mass is 19.1.